The van der Waals surface area contributed by atoms with E-state index >= 15 is 0 Å². The Morgan fingerprint density at radius 3 is 2.65 bits per heavy atom. The van der Waals surface area contributed by atoms with Crippen molar-refractivity contribution < 1.29 is 13.9 Å². The van der Waals surface area contributed by atoms with Crippen LogP contribution >= 0.6 is 15.9 Å². The quantitative estimate of drug-likeness (QED) is 0.884. The van der Waals surface area contributed by atoms with Gasteiger partial charge in [0.25, 0.3) is 0 Å². The SMILES string of the molecule is COc1cccc(CNc2cc(Br)ccc2F)c1OC. The molecule has 0 aromatic heterocycles. The van der Waals surface area contributed by atoms with Crippen molar-refractivity contribution in [2.24, 2.45) is 0 Å². The molecule has 2 aromatic rings. The van der Waals surface area contributed by atoms with Crippen LogP contribution in [0.15, 0.2) is 40.9 Å². The van der Waals surface area contributed by atoms with Crippen LogP contribution in [0.3, 0.4) is 0 Å². The van der Waals surface area contributed by atoms with E-state index in [0.717, 1.165) is 10.0 Å². The van der Waals surface area contributed by atoms with Crippen molar-refractivity contribution in [2.45, 2.75) is 6.54 Å². The predicted octanol–water partition coefficient (Wildman–Crippen LogP) is 4.22. The van der Waals surface area contributed by atoms with Gasteiger partial charge >= 0.3 is 0 Å². The van der Waals surface area contributed by atoms with Crippen LogP contribution in [0.5, 0.6) is 11.5 Å². The highest BCUT2D eigenvalue weighted by atomic mass is 79.9. The summed E-state index contributed by atoms with van der Waals surface area (Å²) in [6.45, 7) is 0.438. The second kappa shape index (κ2) is 6.61. The maximum Gasteiger partial charge on any atom is 0.165 e. The molecule has 2 rings (SSSR count). The average molecular weight is 340 g/mol. The molecule has 0 aliphatic heterocycles. The zero-order chi connectivity index (χ0) is 14.5. The number of hydrogen-bond donors (Lipinski definition) is 1. The molecule has 0 unspecified atom stereocenters. The fraction of sp³-hybridized carbons (Fsp3) is 0.200. The minimum atomic E-state index is -0.296. The molecule has 0 amide bonds. The fourth-order valence-corrected chi connectivity index (χ4v) is 2.28. The van der Waals surface area contributed by atoms with Crippen LogP contribution in [-0.4, -0.2) is 14.2 Å². The van der Waals surface area contributed by atoms with E-state index in [1.54, 1.807) is 26.4 Å². The van der Waals surface area contributed by atoms with Gasteiger partial charge in [-0.15, -0.1) is 0 Å². The Labute approximate surface area is 125 Å². The molecule has 0 radical (unpaired) electrons. The minimum Gasteiger partial charge on any atom is -0.493 e. The third-order valence-electron chi connectivity index (χ3n) is 2.88. The predicted molar refractivity (Wildman–Crippen MR) is 81.0 cm³/mol. The van der Waals surface area contributed by atoms with Gasteiger partial charge in [0.15, 0.2) is 11.5 Å². The molecule has 1 N–H and O–H groups in total. The molecule has 106 valence electrons. The molecule has 0 bridgehead atoms. The molecule has 0 spiro atoms. The topological polar surface area (TPSA) is 30.5 Å². The van der Waals surface area contributed by atoms with Crippen molar-refractivity contribution in [1.29, 1.82) is 0 Å². The van der Waals surface area contributed by atoms with Gasteiger partial charge in [0.05, 0.1) is 19.9 Å². The van der Waals surface area contributed by atoms with Gasteiger partial charge in [-0.05, 0) is 24.3 Å². The Balaban J connectivity index is 2.20. The molecule has 0 fully saturated rings. The first-order valence-electron chi connectivity index (χ1n) is 6.04. The van der Waals surface area contributed by atoms with E-state index in [4.69, 9.17) is 9.47 Å². The molecule has 2 aromatic carbocycles. The van der Waals surface area contributed by atoms with Gasteiger partial charge in [0, 0.05) is 16.6 Å². The van der Waals surface area contributed by atoms with E-state index in [1.165, 1.54) is 6.07 Å². The minimum absolute atomic E-state index is 0.296. The summed E-state index contributed by atoms with van der Waals surface area (Å²) in [5.74, 6) is 1.01. The summed E-state index contributed by atoms with van der Waals surface area (Å²) in [6, 6.07) is 10.4. The van der Waals surface area contributed by atoms with Gasteiger partial charge in [-0.1, -0.05) is 28.1 Å². The number of rotatable bonds is 5. The van der Waals surface area contributed by atoms with Gasteiger partial charge in [-0.2, -0.15) is 0 Å². The van der Waals surface area contributed by atoms with Crippen molar-refractivity contribution in [3.05, 3.63) is 52.3 Å². The van der Waals surface area contributed by atoms with Crippen LogP contribution in [0.4, 0.5) is 10.1 Å². The zero-order valence-corrected chi connectivity index (χ0v) is 12.8. The first-order chi connectivity index (χ1) is 9.65. The molecule has 0 atom stereocenters. The lowest BCUT2D eigenvalue weighted by Crippen LogP contribution is -2.04. The molecule has 0 saturated heterocycles. The number of benzene rings is 2. The summed E-state index contributed by atoms with van der Waals surface area (Å²) >= 11 is 3.32. The van der Waals surface area contributed by atoms with Crippen molar-refractivity contribution >= 4 is 21.6 Å². The van der Waals surface area contributed by atoms with Crippen molar-refractivity contribution in [3.63, 3.8) is 0 Å². The van der Waals surface area contributed by atoms with E-state index in [9.17, 15) is 4.39 Å². The summed E-state index contributed by atoms with van der Waals surface area (Å²) in [5, 5.41) is 3.06. The van der Waals surface area contributed by atoms with E-state index < -0.39 is 0 Å². The highest BCUT2D eigenvalue weighted by Gasteiger charge is 2.10. The summed E-state index contributed by atoms with van der Waals surface area (Å²) in [6.07, 6.45) is 0. The monoisotopic (exact) mass is 339 g/mol. The Morgan fingerprint density at radius 2 is 1.95 bits per heavy atom. The van der Waals surface area contributed by atoms with Crippen LogP contribution in [0.1, 0.15) is 5.56 Å². The number of halogens is 2. The standard InChI is InChI=1S/C15H15BrFNO2/c1-19-14-5-3-4-10(15(14)20-2)9-18-13-8-11(16)6-7-12(13)17/h3-8,18H,9H2,1-2H3. The van der Waals surface area contributed by atoms with Gasteiger partial charge in [-0.25, -0.2) is 4.39 Å². The van der Waals surface area contributed by atoms with Gasteiger partial charge in [-0.3, -0.25) is 0 Å². The molecule has 0 aliphatic carbocycles. The molecular formula is C15H15BrFNO2. The van der Waals surface area contributed by atoms with Gasteiger partial charge < -0.3 is 14.8 Å². The molecule has 0 heterocycles. The summed E-state index contributed by atoms with van der Waals surface area (Å²) in [5.41, 5.74) is 1.33. The maximum atomic E-state index is 13.7. The first-order valence-corrected chi connectivity index (χ1v) is 6.83. The van der Waals surface area contributed by atoms with E-state index in [-0.39, 0.29) is 5.82 Å². The number of methoxy groups -OCH3 is 2. The highest BCUT2D eigenvalue weighted by molar-refractivity contribution is 9.10. The summed E-state index contributed by atoms with van der Waals surface area (Å²) < 4.78 is 25.1. The van der Waals surface area contributed by atoms with Crippen molar-refractivity contribution in [2.75, 3.05) is 19.5 Å². The third kappa shape index (κ3) is 3.22. The van der Waals surface area contributed by atoms with Gasteiger partial charge in [0.2, 0.25) is 0 Å². The van der Waals surface area contributed by atoms with Crippen molar-refractivity contribution in [1.82, 2.24) is 0 Å². The molecule has 3 nitrogen and oxygen atoms in total. The van der Waals surface area contributed by atoms with Crippen molar-refractivity contribution in [3.8, 4) is 11.5 Å². The Bertz CT molecular complexity index is 604. The van der Waals surface area contributed by atoms with E-state index in [0.29, 0.717) is 23.7 Å². The molecule has 20 heavy (non-hydrogen) atoms. The van der Waals surface area contributed by atoms with Crippen LogP contribution < -0.4 is 14.8 Å². The summed E-state index contributed by atoms with van der Waals surface area (Å²) in [7, 11) is 3.17. The van der Waals surface area contributed by atoms with E-state index in [1.807, 2.05) is 18.2 Å². The molecule has 0 aliphatic rings. The highest BCUT2D eigenvalue weighted by Crippen LogP contribution is 2.31. The number of anilines is 1. The lowest BCUT2D eigenvalue weighted by Gasteiger charge is -2.14. The molecular weight excluding hydrogens is 325 g/mol. The Kier molecular flexibility index (Phi) is 4.84. The maximum absolute atomic E-state index is 13.7. The summed E-state index contributed by atoms with van der Waals surface area (Å²) in [4.78, 5) is 0. The second-order valence-electron chi connectivity index (χ2n) is 4.13. The van der Waals surface area contributed by atoms with Crippen LogP contribution in [-0.2, 0) is 6.54 Å². The second-order valence-corrected chi connectivity index (χ2v) is 5.05. The van der Waals surface area contributed by atoms with Gasteiger partial charge in [0.1, 0.15) is 5.82 Å². The Hall–Kier alpha value is -1.75. The largest absolute Gasteiger partial charge is 0.493 e. The average Bonchev–Trinajstić information content (AvgIpc) is 2.47. The number of nitrogens with one attached hydrogen (secondary N) is 1. The Morgan fingerprint density at radius 1 is 1.15 bits per heavy atom. The van der Waals surface area contributed by atoms with Crippen LogP contribution in [0.2, 0.25) is 0 Å². The normalized spacial score (nSPS) is 10.2. The molecule has 0 saturated carbocycles. The first kappa shape index (κ1) is 14.7. The van der Waals surface area contributed by atoms with Crippen LogP contribution in [0, 0.1) is 5.82 Å². The zero-order valence-electron chi connectivity index (χ0n) is 11.2. The van der Waals surface area contributed by atoms with E-state index in [2.05, 4.69) is 21.2 Å². The third-order valence-corrected chi connectivity index (χ3v) is 3.38. The lowest BCUT2D eigenvalue weighted by atomic mass is 10.1. The number of para-hydroxylation sites is 1. The number of ether oxygens (including phenoxy) is 2. The lowest BCUT2D eigenvalue weighted by molar-refractivity contribution is 0.352. The number of hydrogen-bond acceptors (Lipinski definition) is 3. The smallest absolute Gasteiger partial charge is 0.165 e. The van der Waals surface area contributed by atoms with Crippen LogP contribution in [0.25, 0.3) is 0 Å². The fourth-order valence-electron chi connectivity index (χ4n) is 1.92. The molecule has 5 heteroatoms.